The van der Waals surface area contributed by atoms with Crippen molar-refractivity contribution in [3.8, 4) is 0 Å². The molecule has 6 nitrogen and oxygen atoms in total. The van der Waals surface area contributed by atoms with Crippen molar-refractivity contribution in [2.24, 2.45) is 14.1 Å². The molecular weight excluding hydrogens is 360 g/mol. The van der Waals surface area contributed by atoms with Gasteiger partial charge in [-0.05, 0) is 5.56 Å². The molecule has 0 unspecified atom stereocenters. The SMILES string of the molecule is CC(C)c1nc(SCC=Cc2ccccc2)c2c(=O)n(C)c(=O)n(C)c2n1. The van der Waals surface area contributed by atoms with E-state index >= 15 is 0 Å². The van der Waals surface area contributed by atoms with Crippen LogP contribution in [0.3, 0.4) is 0 Å². The fourth-order valence-electron chi connectivity index (χ4n) is 2.68. The summed E-state index contributed by atoms with van der Waals surface area (Å²) in [6.07, 6.45) is 4.07. The molecule has 0 aliphatic rings. The van der Waals surface area contributed by atoms with Gasteiger partial charge in [0.25, 0.3) is 5.56 Å². The number of nitrogens with zero attached hydrogens (tertiary/aromatic N) is 4. The summed E-state index contributed by atoms with van der Waals surface area (Å²) in [5.74, 6) is 1.37. The molecule has 0 aliphatic heterocycles. The van der Waals surface area contributed by atoms with Gasteiger partial charge in [-0.1, -0.05) is 56.3 Å². The molecule has 140 valence electrons. The minimum Gasteiger partial charge on any atom is -0.280 e. The number of aromatic nitrogens is 4. The van der Waals surface area contributed by atoms with E-state index in [0.717, 1.165) is 10.1 Å². The van der Waals surface area contributed by atoms with Crippen molar-refractivity contribution in [1.29, 1.82) is 0 Å². The number of fused-ring (bicyclic) bond motifs is 1. The number of aryl methyl sites for hydroxylation is 1. The fraction of sp³-hybridized carbons (Fsp3) is 0.300. The maximum absolute atomic E-state index is 12.7. The maximum atomic E-state index is 12.7. The lowest BCUT2D eigenvalue weighted by atomic mass is 10.2. The van der Waals surface area contributed by atoms with E-state index in [9.17, 15) is 9.59 Å². The van der Waals surface area contributed by atoms with Crippen LogP contribution in [0.5, 0.6) is 0 Å². The number of hydrogen-bond acceptors (Lipinski definition) is 5. The number of rotatable bonds is 5. The van der Waals surface area contributed by atoms with Crippen LogP contribution in [0.2, 0.25) is 0 Å². The maximum Gasteiger partial charge on any atom is 0.332 e. The second kappa shape index (κ2) is 7.92. The monoisotopic (exact) mass is 382 g/mol. The van der Waals surface area contributed by atoms with E-state index in [4.69, 9.17) is 0 Å². The molecular formula is C20H22N4O2S. The van der Waals surface area contributed by atoms with Crippen LogP contribution in [0.25, 0.3) is 17.1 Å². The highest BCUT2D eigenvalue weighted by Crippen LogP contribution is 2.24. The number of hydrogen-bond donors (Lipinski definition) is 0. The largest absolute Gasteiger partial charge is 0.332 e. The second-order valence-electron chi connectivity index (χ2n) is 6.57. The predicted molar refractivity (Wildman–Crippen MR) is 110 cm³/mol. The van der Waals surface area contributed by atoms with E-state index < -0.39 is 0 Å². The molecule has 0 saturated carbocycles. The first-order valence-corrected chi connectivity index (χ1v) is 9.70. The molecule has 2 heterocycles. The summed E-state index contributed by atoms with van der Waals surface area (Å²) in [6, 6.07) is 10.0. The lowest BCUT2D eigenvalue weighted by molar-refractivity contribution is 0.689. The van der Waals surface area contributed by atoms with E-state index in [1.165, 1.54) is 23.4 Å². The van der Waals surface area contributed by atoms with Crippen LogP contribution in [0.15, 0.2) is 51.0 Å². The zero-order chi connectivity index (χ0) is 19.6. The second-order valence-corrected chi connectivity index (χ2v) is 7.58. The quantitative estimate of drug-likeness (QED) is 0.501. The van der Waals surface area contributed by atoms with Gasteiger partial charge in [-0.2, -0.15) is 0 Å². The third-order valence-corrected chi connectivity index (χ3v) is 5.15. The molecule has 0 spiro atoms. The Labute approximate surface area is 161 Å². The molecule has 7 heteroatoms. The molecule has 27 heavy (non-hydrogen) atoms. The molecule has 0 radical (unpaired) electrons. The minimum absolute atomic E-state index is 0.0905. The Morgan fingerprint density at radius 2 is 1.78 bits per heavy atom. The smallest absolute Gasteiger partial charge is 0.280 e. The Kier molecular flexibility index (Phi) is 5.60. The van der Waals surface area contributed by atoms with Crippen LogP contribution >= 0.6 is 11.8 Å². The summed E-state index contributed by atoms with van der Waals surface area (Å²) in [6.45, 7) is 3.98. The zero-order valence-corrected chi connectivity index (χ0v) is 16.7. The van der Waals surface area contributed by atoms with E-state index in [2.05, 4.69) is 9.97 Å². The highest BCUT2D eigenvalue weighted by Gasteiger charge is 2.18. The molecule has 3 rings (SSSR count). The van der Waals surface area contributed by atoms with Gasteiger partial charge < -0.3 is 0 Å². The number of thioether (sulfide) groups is 1. The Bertz CT molecular complexity index is 1110. The van der Waals surface area contributed by atoms with Gasteiger partial charge in [-0.15, -0.1) is 11.8 Å². The Morgan fingerprint density at radius 3 is 2.44 bits per heavy atom. The van der Waals surface area contributed by atoms with Gasteiger partial charge in [0.2, 0.25) is 0 Å². The first-order valence-electron chi connectivity index (χ1n) is 8.72. The van der Waals surface area contributed by atoms with Crippen molar-refractivity contribution in [3.05, 3.63) is 68.6 Å². The summed E-state index contributed by atoms with van der Waals surface area (Å²) >= 11 is 1.47. The summed E-state index contributed by atoms with van der Waals surface area (Å²) in [5, 5.41) is 1.000. The summed E-state index contributed by atoms with van der Waals surface area (Å²) in [7, 11) is 3.11. The number of benzene rings is 1. The third kappa shape index (κ3) is 3.88. The molecule has 0 amide bonds. The molecule has 0 atom stereocenters. The molecule has 2 aromatic heterocycles. The lowest BCUT2D eigenvalue weighted by Gasteiger charge is -2.12. The molecule has 0 N–H and O–H groups in total. The molecule has 0 fully saturated rings. The molecule has 0 bridgehead atoms. The van der Waals surface area contributed by atoms with Crippen molar-refractivity contribution >= 4 is 28.9 Å². The Balaban J connectivity index is 2.04. The molecule has 0 saturated heterocycles. The van der Waals surface area contributed by atoms with Crippen LogP contribution in [0.4, 0.5) is 0 Å². The van der Waals surface area contributed by atoms with E-state index in [1.54, 1.807) is 7.05 Å². The molecule has 1 aromatic carbocycles. The summed E-state index contributed by atoms with van der Waals surface area (Å²) in [4.78, 5) is 34.0. The fourth-order valence-corrected chi connectivity index (χ4v) is 3.51. The van der Waals surface area contributed by atoms with Crippen LogP contribution < -0.4 is 11.2 Å². The average Bonchev–Trinajstić information content (AvgIpc) is 2.68. The van der Waals surface area contributed by atoms with Gasteiger partial charge in [0.05, 0.1) is 0 Å². The highest BCUT2D eigenvalue weighted by molar-refractivity contribution is 7.99. The van der Waals surface area contributed by atoms with Gasteiger partial charge in [0, 0.05) is 25.8 Å². The third-order valence-electron chi connectivity index (χ3n) is 4.23. The molecule has 0 aliphatic carbocycles. The van der Waals surface area contributed by atoms with Crippen molar-refractivity contribution < 1.29 is 0 Å². The Morgan fingerprint density at radius 1 is 1.07 bits per heavy atom. The minimum atomic E-state index is -0.388. The van der Waals surface area contributed by atoms with Crippen LogP contribution in [-0.2, 0) is 14.1 Å². The highest BCUT2D eigenvalue weighted by atomic mass is 32.2. The van der Waals surface area contributed by atoms with Crippen molar-refractivity contribution in [3.63, 3.8) is 0 Å². The molecule has 3 aromatic rings. The lowest BCUT2D eigenvalue weighted by Crippen LogP contribution is -2.38. The van der Waals surface area contributed by atoms with Gasteiger partial charge in [-0.25, -0.2) is 14.8 Å². The normalized spacial score (nSPS) is 11.7. The van der Waals surface area contributed by atoms with E-state index in [0.29, 0.717) is 27.6 Å². The Hall–Kier alpha value is -2.67. The first-order chi connectivity index (χ1) is 12.9. The standard InChI is InChI=1S/C20H22N4O2S/c1-13(2)16-21-17-15(19(25)24(4)20(26)23(17)3)18(22-16)27-12-8-11-14-9-6-5-7-10-14/h5-11,13H,12H2,1-4H3. The van der Waals surface area contributed by atoms with Crippen molar-refractivity contribution in [1.82, 2.24) is 19.1 Å². The van der Waals surface area contributed by atoms with Crippen molar-refractivity contribution in [2.75, 3.05) is 5.75 Å². The first kappa shape index (κ1) is 19.1. The van der Waals surface area contributed by atoms with E-state index in [-0.39, 0.29) is 17.2 Å². The summed E-state index contributed by atoms with van der Waals surface area (Å²) < 4.78 is 2.51. The average molecular weight is 382 g/mol. The van der Waals surface area contributed by atoms with Gasteiger partial charge in [0.15, 0.2) is 5.65 Å². The topological polar surface area (TPSA) is 69.8 Å². The van der Waals surface area contributed by atoms with Crippen LogP contribution in [0, 0.1) is 0 Å². The van der Waals surface area contributed by atoms with E-state index in [1.807, 2.05) is 56.3 Å². The van der Waals surface area contributed by atoms with Gasteiger partial charge in [0.1, 0.15) is 16.2 Å². The van der Waals surface area contributed by atoms with Crippen LogP contribution in [-0.4, -0.2) is 24.9 Å². The predicted octanol–water partition coefficient (Wildman–Crippen LogP) is 2.96. The zero-order valence-electron chi connectivity index (χ0n) is 15.8. The van der Waals surface area contributed by atoms with Crippen molar-refractivity contribution in [2.45, 2.75) is 24.8 Å². The van der Waals surface area contributed by atoms with Gasteiger partial charge in [-0.3, -0.25) is 13.9 Å². The van der Waals surface area contributed by atoms with Gasteiger partial charge >= 0.3 is 5.69 Å². The van der Waals surface area contributed by atoms with Crippen LogP contribution in [0.1, 0.15) is 31.2 Å². The summed E-state index contributed by atoms with van der Waals surface area (Å²) in [5.41, 5.74) is 0.752.